The average Bonchev–Trinajstić information content (AvgIpc) is 2.18. The summed E-state index contributed by atoms with van der Waals surface area (Å²) >= 11 is 0. The highest BCUT2D eigenvalue weighted by atomic mass is 14.1. The van der Waals surface area contributed by atoms with Gasteiger partial charge in [-0.25, -0.2) is 0 Å². The second-order valence-electron chi connectivity index (χ2n) is 4.42. The molecule has 0 rings (SSSR count). The second-order valence-corrected chi connectivity index (χ2v) is 4.42. The van der Waals surface area contributed by atoms with Gasteiger partial charge in [0.15, 0.2) is 0 Å². The quantitative estimate of drug-likeness (QED) is 0.422. The largest absolute Gasteiger partial charge is 0.0654 e. The molecule has 0 bridgehead atoms. The summed E-state index contributed by atoms with van der Waals surface area (Å²) in [6, 6.07) is 0. The van der Waals surface area contributed by atoms with Crippen molar-refractivity contribution in [1.29, 1.82) is 0 Å². The number of unbranched alkanes of at least 4 members (excludes halogenated alkanes) is 6. The first kappa shape index (κ1) is 14.0. The maximum absolute atomic E-state index is 4.22. The van der Waals surface area contributed by atoms with Gasteiger partial charge in [0.1, 0.15) is 0 Å². The zero-order chi connectivity index (χ0) is 10.6. The molecule has 0 heteroatoms. The van der Waals surface area contributed by atoms with E-state index in [4.69, 9.17) is 0 Å². The molecule has 0 aliphatic heterocycles. The van der Waals surface area contributed by atoms with E-state index in [-0.39, 0.29) is 0 Å². The molecule has 0 amide bonds. The summed E-state index contributed by atoms with van der Waals surface area (Å²) in [6.45, 7) is 10.3. The van der Waals surface area contributed by atoms with E-state index in [0.717, 1.165) is 6.42 Å². The molecule has 0 aromatic heterocycles. The topological polar surface area (TPSA) is 0 Å². The van der Waals surface area contributed by atoms with Gasteiger partial charge in [-0.15, -0.1) is 0 Å². The van der Waals surface area contributed by atoms with Crippen LogP contribution in [0.1, 0.15) is 71.1 Å². The predicted molar refractivity (Wildman–Crippen MR) is 66.0 cm³/mol. The van der Waals surface area contributed by atoms with Crippen LogP contribution in [0.3, 0.4) is 0 Å². The smallest absolute Gasteiger partial charge is 0.0414 e. The minimum Gasteiger partial charge on any atom is -0.0654 e. The van der Waals surface area contributed by atoms with Crippen LogP contribution >= 0.6 is 0 Å². The monoisotopic (exact) mass is 196 g/mol. The zero-order valence-electron chi connectivity index (χ0n) is 10.1. The van der Waals surface area contributed by atoms with Gasteiger partial charge in [-0.2, -0.15) is 0 Å². The fourth-order valence-corrected chi connectivity index (χ4v) is 1.79. The van der Waals surface area contributed by atoms with Crippen LogP contribution in [0, 0.1) is 19.8 Å². The summed E-state index contributed by atoms with van der Waals surface area (Å²) in [6.07, 6.45) is 13.3. The Hall–Kier alpha value is 0. The van der Waals surface area contributed by atoms with Crippen molar-refractivity contribution in [3.63, 3.8) is 0 Å². The molecular formula is C14H28. The first-order valence-corrected chi connectivity index (χ1v) is 6.43. The van der Waals surface area contributed by atoms with Crippen molar-refractivity contribution in [2.45, 2.75) is 71.1 Å². The van der Waals surface area contributed by atoms with Crippen LogP contribution in [0.15, 0.2) is 0 Å². The van der Waals surface area contributed by atoms with Gasteiger partial charge in [0.25, 0.3) is 0 Å². The van der Waals surface area contributed by atoms with Gasteiger partial charge < -0.3 is 0 Å². The van der Waals surface area contributed by atoms with Crippen LogP contribution in [0.4, 0.5) is 0 Å². The van der Waals surface area contributed by atoms with Gasteiger partial charge in [0, 0.05) is 0 Å². The Morgan fingerprint density at radius 3 is 2.00 bits per heavy atom. The van der Waals surface area contributed by atoms with Crippen molar-refractivity contribution in [1.82, 2.24) is 0 Å². The van der Waals surface area contributed by atoms with Gasteiger partial charge in [0.2, 0.25) is 0 Å². The van der Waals surface area contributed by atoms with Crippen molar-refractivity contribution in [2.75, 3.05) is 0 Å². The first-order chi connectivity index (χ1) is 6.81. The molecule has 0 nitrogen and oxygen atoms in total. The maximum Gasteiger partial charge on any atom is -0.0414 e. The molecule has 2 radical (unpaired) electrons. The molecule has 0 spiro atoms. The van der Waals surface area contributed by atoms with E-state index in [9.17, 15) is 0 Å². The van der Waals surface area contributed by atoms with Crippen LogP contribution in [0.2, 0.25) is 0 Å². The second kappa shape index (κ2) is 11.1. The molecule has 0 aliphatic carbocycles. The van der Waals surface area contributed by atoms with Crippen LogP contribution in [-0.2, 0) is 0 Å². The van der Waals surface area contributed by atoms with E-state index in [1.807, 2.05) is 0 Å². The Morgan fingerprint density at radius 2 is 1.43 bits per heavy atom. The third kappa shape index (κ3) is 10.1. The molecule has 0 saturated heterocycles. The SMILES string of the molecule is [CH2]CCCCCCC([CH2])CCCCC. The molecule has 0 aromatic carbocycles. The number of hydrogen-bond donors (Lipinski definition) is 0. The fourth-order valence-electron chi connectivity index (χ4n) is 1.79. The Morgan fingerprint density at radius 1 is 0.857 bits per heavy atom. The molecule has 1 atom stereocenters. The molecule has 0 aliphatic rings. The summed E-state index contributed by atoms with van der Waals surface area (Å²) in [7, 11) is 0. The number of hydrogen-bond acceptors (Lipinski definition) is 0. The van der Waals surface area contributed by atoms with E-state index in [0.29, 0.717) is 5.92 Å². The summed E-state index contributed by atoms with van der Waals surface area (Å²) < 4.78 is 0. The Labute approximate surface area is 91.5 Å². The summed E-state index contributed by atoms with van der Waals surface area (Å²) in [5.41, 5.74) is 0. The Kier molecular flexibility index (Phi) is 11.1. The molecule has 84 valence electrons. The third-order valence-electron chi connectivity index (χ3n) is 2.83. The molecule has 0 aromatic rings. The summed E-state index contributed by atoms with van der Waals surface area (Å²) in [4.78, 5) is 0. The lowest BCUT2D eigenvalue weighted by molar-refractivity contribution is 0.473. The standard InChI is InChI=1S/C14H28/c1-4-6-8-9-11-13-14(3)12-10-7-5-2/h14H,1,3-13H2,2H3. The van der Waals surface area contributed by atoms with E-state index < -0.39 is 0 Å². The van der Waals surface area contributed by atoms with Gasteiger partial charge in [-0.3, -0.25) is 0 Å². The lowest BCUT2D eigenvalue weighted by atomic mass is 9.96. The van der Waals surface area contributed by atoms with Crippen molar-refractivity contribution < 1.29 is 0 Å². The highest BCUT2D eigenvalue weighted by Crippen LogP contribution is 2.16. The van der Waals surface area contributed by atoms with Gasteiger partial charge in [0.05, 0.1) is 0 Å². The lowest BCUT2D eigenvalue weighted by Gasteiger charge is -2.10. The fraction of sp³-hybridized carbons (Fsp3) is 0.857. The van der Waals surface area contributed by atoms with Crippen LogP contribution in [0.5, 0.6) is 0 Å². The van der Waals surface area contributed by atoms with E-state index in [1.165, 1.54) is 57.8 Å². The Balaban J connectivity index is 3.06. The predicted octanol–water partition coefficient (Wildman–Crippen LogP) is 5.19. The third-order valence-corrected chi connectivity index (χ3v) is 2.83. The van der Waals surface area contributed by atoms with Gasteiger partial charge in [-0.1, -0.05) is 85.0 Å². The van der Waals surface area contributed by atoms with Crippen LogP contribution in [-0.4, -0.2) is 0 Å². The van der Waals surface area contributed by atoms with Gasteiger partial charge >= 0.3 is 0 Å². The van der Waals surface area contributed by atoms with Crippen molar-refractivity contribution in [3.05, 3.63) is 13.8 Å². The van der Waals surface area contributed by atoms with Crippen molar-refractivity contribution >= 4 is 0 Å². The van der Waals surface area contributed by atoms with Crippen LogP contribution in [0.25, 0.3) is 0 Å². The molecule has 1 unspecified atom stereocenters. The molecule has 14 heavy (non-hydrogen) atoms. The Bertz CT molecular complexity index is 96.2. The summed E-state index contributed by atoms with van der Waals surface area (Å²) in [5, 5.41) is 0. The molecule has 0 heterocycles. The van der Waals surface area contributed by atoms with E-state index in [1.54, 1.807) is 0 Å². The van der Waals surface area contributed by atoms with Crippen molar-refractivity contribution in [2.24, 2.45) is 5.92 Å². The van der Waals surface area contributed by atoms with Gasteiger partial charge in [-0.05, 0) is 5.92 Å². The molecule has 0 N–H and O–H groups in total. The van der Waals surface area contributed by atoms with E-state index >= 15 is 0 Å². The minimum absolute atomic E-state index is 0.710. The maximum atomic E-state index is 4.22. The summed E-state index contributed by atoms with van der Waals surface area (Å²) in [5.74, 6) is 0.710. The van der Waals surface area contributed by atoms with Crippen molar-refractivity contribution in [3.8, 4) is 0 Å². The highest BCUT2D eigenvalue weighted by Gasteiger charge is 2.01. The molecule has 0 saturated carbocycles. The first-order valence-electron chi connectivity index (χ1n) is 6.43. The lowest BCUT2D eigenvalue weighted by Crippen LogP contribution is -1.95. The zero-order valence-corrected chi connectivity index (χ0v) is 10.1. The van der Waals surface area contributed by atoms with Crippen LogP contribution < -0.4 is 0 Å². The normalized spacial score (nSPS) is 13.1. The average molecular weight is 196 g/mol. The number of rotatable bonds is 10. The highest BCUT2D eigenvalue weighted by molar-refractivity contribution is 4.61. The van der Waals surface area contributed by atoms with E-state index in [2.05, 4.69) is 20.8 Å². The minimum atomic E-state index is 0.710. The molecule has 0 fully saturated rings. The molecular weight excluding hydrogens is 168 g/mol.